The van der Waals surface area contributed by atoms with Crippen LogP contribution in [0.25, 0.3) is 10.9 Å². The molecule has 0 aliphatic carbocycles. The van der Waals surface area contributed by atoms with Gasteiger partial charge >= 0.3 is 0 Å². The molecule has 0 saturated carbocycles. The lowest BCUT2D eigenvalue weighted by molar-refractivity contribution is 0.0901. The normalized spacial score (nSPS) is 15.0. The highest BCUT2D eigenvalue weighted by molar-refractivity contribution is 6.42. The zero-order valence-electron chi connectivity index (χ0n) is 16.1. The van der Waals surface area contributed by atoms with E-state index in [0.717, 1.165) is 30.5 Å². The average molecular weight is 432 g/mol. The lowest BCUT2D eigenvalue weighted by atomic mass is 10.1. The second-order valence-electron chi connectivity index (χ2n) is 7.27. The van der Waals surface area contributed by atoms with E-state index < -0.39 is 0 Å². The van der Waals surface area contributed by atoms with Gasteiger partial charge in [-0.3, -0.25) is 9.69 Å². The Morgan fingerprint density at radius 2 is 1.83 bits per heavy atom. The molecule has 3 aromatic rings. The number of aromatic nitrogens is 2. The van der Waals surface area contributed by atoms with Crippen LogP contribution in [0.15, 0.2) is 42.5 Å². The monoisotopic (exact) mass is 431 g/mol. The largest absolute Gasteiger partial charge is 0.475 e. The van der Waals surface area contributed by atoms with Crippen LogP contribution in [-0.2, 0) is 6.42 Å². The third-order valence-corrected chi connectivity index (χ3v) is 6.12. The molecule has 1 aliphatic rings. The molecule has 0 atom stereocenters. The van der Waals surface area contributed by atoms with E-state index in [9.17, 15) is 4.79 Å². The number of piperidine rings is 1. The zero-order chi connectivity index (χ0) is 20.2. The fourth-order valence-corrected chi connectivity index (χ4v) is 4.10. The Bertz CT molecular complexity index is 1010. The molecule has 0 unspecified atom stereocenters. The van der Waals surface area contributed by atoms with Gasteiger partial charge in [0.05, 0.1) is 27.4 Å². The summed E-state index contributed by atoms with van der Waals surface area (Å²) in [5, 5.41) is 6.14. The molecule has 7 heteroatoms. The second-order valence-corrected chi connectivity index (χ2v) is 8.05. The maximum atomic E-state index is 13.0. The molecule has 0 amide bonds. The lowest BCUT2D eigenvalue weighted by Crippen LogP contribution is -2.33. The Morgan fingerprint density at radius 3 is 2.66 bits per heavy atom. The van der Waals surface area contributed by atoms with Gasteiger partial charge in [0.2, 0.25) is 5.88 Å². The average Bonchev–Trinajstić information content (AvgIpc) is 3.11. The number of fused-ring (bicyclic) bond motifs is 1. The maximum absolute atomic E-state index is 13.0. The van der Waals surface area contributed by atoms with Crippen molar-refractivity contribution in [2.45, 2.75) is 25.7 Å². The zero-order valence-corrected chi connectivity index (χ0v) is 17.6. The van der Waals surface area contributed by atoms with Crippen molar-refractivity contribution in [1.29, 1.82) is 0 Å². The van der Waals surface area contributed by atoms with E-state index in [0.29, 0.717) is 28.1 Å². The third-order valence-electron chi connectivity index (χ3n) is 5.26. The molecular formula is C22H23Cl2N3O2. The predicted molar refractivity (Wildman–Crippen MR) is 116 cm³/mol. The summed E-state index contributed by atoms with van der Waals surface area (Å²) >= 11 is 12.3. The first-order chi connectivity index (χ1) is 14.1. The van der Waals surface area contributed by atoms with Crippen LogP contribution in [0, 0.1) is 0 Å². The van der Waals surface area contributed by atoms with Crippen molar-refractivity contribution in [3.63, 3.8) is 0 Å². The van der Waals surface area contributed by atoms with Crippen LogP contribution in [0.3, 0.4) is 0 Å². The van der Waals surface area contributed by atoms with Crippen LogP contribution in [0.1, 0.15) is 29.6 Å². The molecule has 1 aliphatic heterocycles. The van der Waals surface area contributed by atoms with Gasteiger partial charge in [0.25, 0.3) is 5.91 Å². The molecule has 4 rings (SSSR count). The standard InChI is InChI=1S/C22H23Cl2N3O2/c23-18-9-6-7-16(21(18)24)15-20(28)27-19-10-3-2-8-17(19)22(25-27)29-14-13-26-11-4-1-5-12-26/h2-3,6-10H,1,4-5,11-15H2. The summed E-state index contributed by atoms with van der Waals surface area (Å²) in [6.45, 7) is 3.66. The quantitative estimate of drug-likeness (QED) is 0.545. The molecule has 0 bridgehead atoms. The van der Waals surface area contributed by atoms with Gasteiger partial charge in [-0.25, -0.2) is 0 Å². The first kappa shape index (κ1) is 20.2. The summed E-state index contributed by atoms with van der Waals surface area (Å²) < 4.78 is 7.38. The van der Waals surface area contributed by atoms with Gasteiger partial charge in [-0.05, 0) is 49.7 Å². The number of carbonyl (C=O) groups is 1. The fourth-order valence-electron chi connectivity index (χ4n) is 3.71. The second kappa shape index (κ2) is 9.16. The van der Waals surface area contributed by atoms with Crippen LogP contribution in [0.2, 0.25) is 10.0 Å². The minimum atomic E-state index is -0.184. The van der Waals surface area contributed by atoms with Gasteiger partial charge in [0.15, 0.2) is 0 Å². The number of hydrogen-bond donors (Lipinski definition) is 0. The van der Waals surface area contributed by atoms with Crippen LogP contribution in [0.4, 0.5) is 0 Å². The van der Waals surface area contributed by atoms with Crippen molar-refractivity contribution in [2.24, 2.45) is 0 Å². The minimum absolute atomic E-state index is 0.109. The van der Waals surface area contributed by atoms with Gasteiger partial charge in [-0.1, -0.05) is 53.9 Å². The van der Waals surface area contributed by atoms with Gasteiger partial charge in [-0.15, -0.1) is 5.10 Å². The van der Waals surface area contributed by atoms with Crippen molar-refractivity contribution in [1.82, 2.24) is 14.7 Å². The number of carbonyl (C=O) groups excluding carboxylic acids is 1. The summed E-state index contributed by atoms with van der Waals surface area (Å²) in [5.74, 6) is 0.305. The van der Waals surface area contributed by atoms with E-state index >= 15 is 0 Å². The molecule has 2 heterocycles. The highest BCUT2D eigenvalue weighted by Gasteiger charge is 2.19. The number of benzene rings is 2. The smallest absolute Gasteiger partial charge is 0.252 e. The van der Waals surface area contributed by atoms with Crippen molar-refractivity contribution in [3.05, 3.63) is 58.1 Å². The maximum Gasteiger partial charge on any atom is 0.252 e. The molecule has 2 aromatic carbocycles. The number of ether oxygens (including phenoxy) is 1. The van der Waals surface area contributed by atoms with Crippen LogP contribution in [0.5, 0.6) is 5.88 Å². The Morgan fingerprint density at radius 1 is 1.03 bits per heavy atom. The Labute approximate surface area is 180 Å². The highest BCUT2D eigenvalue weighted by atomic mass is 35.5. The molecule has 152 valence electrons. The van der Waals surface area contributed by atoms with Crippen molar-refractivity contribution in [2.75, 3.05) is 26.2 Å². The topological polar surface area (TPSA) is 47.4 Å². The summed E-state index contributed by atoms with van der Waals surface area (Å²) in [6, 6.07) is 12.9. The van der Waals surface area contributed by atoms with Crippen LogP contribution < -0.4 is 4.74 Å². The molecule has 1 aromatic heterocycles. The number of likely N-dealkylation sites (tertiary alicyclic amines) is 1. The van der Waals surface area contributed by atoms with Crippen LogP contribution >= 0.6 is 23.2 Å². The molecule has 29 heavy (non-hydrogen) atoms. The van der Waals surface area contributed by atoms with Gasteiger partial charge in [0, 0.05) is 6.54 Å². The number of para-hydroxylation sites is 1. The van der Waals surface area contributed by atoms with Crippen LogP contribution in [-0.4, -0.2) is 46.8 Å². The fraction of sp³-hybridized carbons (Fsp3) is 0.364. The van der Waals surface area contributed by atoms with E-state index in [2.05, 4.69) is 10.00 Å². The third kappa shape index (κ3) is 4.58. The highest BCUT2D eigenvalue weighted by Crippen LogP contribution is 2.28. The summed E-state index contributed by atoms with van der Waals surface area (Å²) in [6.07, 6.45) is 3.92. The molecule has 1 saturated heterocycles. The Kier molecular flexibility index (Phi) is 6.38. The van der Waals surface area contributed by atoms with Gasteiger partial charge < -0.3 is 4.74 Å². The molecule has 0 radical (unpaired) electrons. The van der Waals surface area contributed by atoms with E-state index in [4.69, 9.17) is 27.9 Å². The number of nitrogens with zero attached hydrogens (tertiary/aromatic N) is 3. The number of hydrogen-bond acceptors (Lipinski definition) is 4. The molecule has 0 spiro atoms. The first-order valence-corrected chi connectivity index (χ1v) is 10.7. The van der Waals surface area contributed by atoms with E-state index in [1.165, 1.54) is 23.9 Å². The van der Waals surface area contributed by atoms with Crippen molar-refractivity contribution in [3.8, 4) is 5.88 Å². The van der Waals surface area contributed by atoms with E-state index in [-0.39, 0.29) is 12.3 Å². The Hall–Kier alpha value is -2.08. The SMILES string of the molecule is O=C(Cc1cccc(Cl)c1Cl)n1nc(OCCN2CCCCC2)c2ccccc21. The van der Waals surface area contributed by atoms with Gasteiger partial charge in [0.1, 0.15) is 6.61 Å². The molecular weight excluding hydrogens is 409 g/mol. The first-order valence-electron chi connectivity index (χ1n) is 9.92. The molecule has 1 fully saturated rings. The molecule has 0 N–H and O–H groups in total. The Balaban J connectivity index is 1.52. The summed E-state index contributed by atoms with van der Waals surface area (Å²) in [7, 11) is 0. The predicted octanol–water partition coefficient (Wildman–Crippen LogP) is 5.09. The van der Waals surface area contributed by atoms with Crippen molar-refractivity contribution >= 4 is 40.0 Å². The van der Waals surface area contributed by atoms with Gasteiger partial charge in [-0.2, -0.15) is 4.68 Å². The van der Waals surface area contributed by atoms with E-state index in [1.807, 2.05) is 24.3 Å². The number of halogens is 2. The summed E-state index contributed by atoms with van der Waals surface area (Å²) in [4.78, 5) is 15.4. The lowest BCUT2D eigenvalue weighted by Gasteiger charge is -2.25. The molecule has 5 nitrogen and oxygen atoms in total. The minimum Gasteiger partial charge on any atom is -0.475 e. The number of rotatable bonds is 6. The van der Waals surface area contributed by atoms with E-state index in [1.54, 1.807) is 18.2 Å². The summed E-state index contributed by atoms with van der Waals surface area (Å²) in [5.41, 5.74) is 1.40. The van der Waals surface area contributed by atoms with Crippen molar-refractivity contribution < 1.29 is 9.53 Å².